The summed E-state index contributed by atoms with van der Waals surface area (Å²) in [6, 6.07) is 5.59. The van der Waals surface area contributed by atoms with Crippen LogP contribution in [0.25, 0.3) is 0 Å². The van der Waals surface area contributed by atoms with Crippen molar-refractivity contribution in [2.45, 2.75) is 6.92 Å². The van der Waals surface area contributed by atoms with E-state index in [2.05, 4.69) is 10.3 Å². The number of nitrogens with one attached hydrogen (secondary N) is 1. The molecule has 3 nitrogen and oxygen atoms in total. The standard InChI is InChI=1S/C13H11F2N3S/c1-7-5-6-17-13(10(7)12(16)19)18-9-4-2-3-8(14)11(9)15/h2-6H,1H3,(H2,16,19)(H,17,18). The Morgan fingerprint density at radius 1 is 1.32 bits per heavy atom. The number of hydrogen-bond acceptors (Lipinski definition) is 3. The summed E-state index contributed by atoms with van der Waals surface area (Å²) in [6.07, 6.45) is 1.54. The van der Waals surface area contributed by atoms with E-state index < -0.39 is 11.6 Å². The van der Waals surface area contributed by atoms with Crippen molar-refractivity contribution in [3.63, 3.8) is 0 Å². The number of aromatic nitrogens is 1. The van der Waals surface area contributed by atoms with E-state index in [-0.39, 0.29) is 10.7 Å². The van der Waals surface area contributed by atoms with Crippen LogP contribution in [-0.2, 0) is 0 Å². The van der Waals surface area contributed by atoms with E-state index in [4.69, 9.17) is 18.0 Å². The molecule has 98 valence electrons. The van der Waals surface area contributed by atoms with Crippen molar-refractivity contribution in [1.82, 2.24) is 4.98 Å². The van der Waals surface area contributed by atoms with Gasteiger partial charge in [-0.1, -0.05) is 18.3 Å². The summed E-state index contributed by atoms with van der Waals surface area (Å²) in [7, 11) is 0. The predicted molar refractivity (Wildman–Crippen MR) is 74.5 cm³/mol. The van der Waals surface area contributed by atoms with Gasteiger partial charge in [0.15, 0.2) is 11.6 Å². The highest BCUT2D eigenvalue weighted by Crippen LogP contribution is 2.24. The predicted octanol–water partition coefficient (Wildman–Crippen LogP) is 3.05. The molecule has 6 heteroatoms. The van der Waals surface area contributed by atoms with Crippen LogP contribution in [0.5, 0.6) is 0 Å². The van der Waals surface area contributed by atoms with Crippen LogP contribution in [0.15, 0.2) is 30.5 Å². The van der Waals surface area contributed by atoms with Crippen LogP contribution >= 0.6 is 12.2 Å². The highest BCUT2D eigenvalue weighted by molar-refractivity contribution is 7.80. The normalized spacial score (nSPS) is 10.3. The number of aryl methyl sites for hydroxylation is 1. The van der Waals surface area contributed by atoms with Gasteiger partial charge < -0.3 is 11.1 Å². The Balaban J connectivity index is 2.47. The maximum Gasteiger partial charge on any atom is 0.182 e. The molecule has 1 heterocycles. The summed E-state index contributed by atoms with van der Waals surface area (Å²) in [6.45, 7) is 1.81. The molecule has 1 aromatic carbocycles. The Labute approximate surface area is 114 Å². The second-order valence-electron chi connectivity index (χ2n) is 3.94. The van der Waals surface area contributed by atoms with Gasteiger partial charge in [-0.2, -0.15) is 0 Å². The number of pyridine rings is 1. The Morgan fingerprint density at radius 3 is 2.74 bits per heavy atom. The van der Waals surface area contributed by atoms with E-state index in [0.29, 0.717) is 11.4 Å². The monoisotopic (exact) mass is 279 g/mol. The van der Waals surface area contributed by atoms with Crippen LogP contribution in [0, 0.1) is 18.6 Å². The Kier molecular flexibility index (Phi) is 3.71. The van der Waals surface area contributed by atoms with Crippen molar-refractivity contribution in [2.24, 2.45) is 5.73 Å². The van der Waals surface area contributed by atoms with Crippen LogP contribution in [-0.4, -0.2) is 9.97 Å². The van der Waals surface area contributed by atoms with Gasteiger partial charge in [0, 0.05) is 6.20 Å². The zero-order chi connectivity index (χ0) is 14.0. The SMILES string of the molecule is Cc1ccnc(Nc2cccc(F)c2F)c1C(N)=S. The highest BCUT2D eigenvalue weighted by Gasteiger charge is 2.13. The van der Waals surface area contributed by atoms with Crippen molar-refractivity contribution >= 4 is 28.7 Å². The molecular formula is C13H11F2N3S. The molecular weight excluding hydrogens is 268 g/mol. The van der Waals surface area contributed by atoms with Gasteiger partial charge in [-0.05, 0) is 30.7 Å². The number of hydrogen-bond donors (Lipinski definition) is 2. The first-order valence-corrected chi connectivity index (χ1v) is 5.88. The molecule has 2 rings (SSSR count). The van der Waals surface area contributed by atoms with E-state index in [0.717, 1.165) is 11.6 Å². The van der Waals surface area contributed by atoms with E-state index in [1.54, 1.807) is 6.07 Å². The lowest BCUT2D eigenvalue weighted by molar-refractivity contribution is 0.511. The van der Waals surface area contributed by atoms with Gasteiger partial charge in [-0.25, -0.2) is 13.8 Å². The third-order valence-electron chi connectivity index (χ3n) is 2.61. The Hall–Kier alpha value is -2.08. The van der Waals surface area contributed by atoms with Crippen molar-refractivity contribution in [2.75, 3.05) is 5.32 Å². The van der Waals surface area contributed by atoms with Crippen LogP contribution in [0.1, 0.15) is 11.1 Å². The van der Waals surface area contributed by atoms with Crippen molar-refractivity contribution in [3.8, 4) is 0 Å². The van der Waals surface area contributed by atoms with Gasteiger partial charge in [0.2, 0.25) is 0 Å². The quantitative estimate of drug-likeness (QED) is 0.848. The first kappa shape index (κ1) is 13.4. The average molecular weight is 279 g/mol. The van der Waals surface area contributed by atoms with Gasteiger partial charge in [0.25, 0.3) is 0 Å². The first-order chi connectivity index (χ1) is 9.00. The molecule has 2 aromatic rings. The molecule has 0 aliphatic heterocycles. The Bertz CT molecular complexity index is 644. The molecule has 3 N–H and O–H groups in total. The Morgan fingerprint density at radius 2 is 2.05 bits per heavy atom. The van der Waals surface area contributed by atoms with Crippen molar-refractivity contribution in [1.29, 1.82) is 0 Å². The minimum atomic E-state index is -0.973. The molecule has 0 atom stereocenters. The zero-order valence-corrected chi connectivity index (χ0v) is 10.9. The van der Waals surface area contributed by atoms with Crippen LogP contribution in [0.3, 0.4) is 0 Å². The maximum absolute atomic E-state index is 13.6. The van der Waals surface area contributed by atoms with Gasteiger partial charge in [0.05, 0.1) is 11.3 Å². The zero-order valence-electron chi connectivity index (χ0n) is 10.1. The molecule has 0 saturated heterocycles. The molecule has 0 aliphatic rings. The van der Waals surface area contributed by atoms with Gasteiger partial charge in [-0.15, -0.1) is 0 Å². The van der Waals surface area contributed by atoms with E-state index in [1.165, 1.54) is 18.3 Å². The maximum atomic E-state index is 13.6. The fourth-order valence-corrected chi connectivity index (χ4v) is 1.95. The highest BCUT2D eigenvalue weighted by atomic mass is 32.1. The number of anilines is 2. The number of nitrogens with zero attached hydrogens (tertiary/aromatic N) is 1. The summed E-state index contributed by atoms with van der Waals surface area (Å²) >= 11 is 4.94. The second-order valence-corrected chi connectivity index (χ2v) is 4.38. The third kappa shape index (κ3) is 2.68. The fourth-order valence-electron chi connectivity index (χ4n) is 1.69. The fraction of sp³-hybridized carbons (Fsp3) is 0.0769. The summed E-state index contributed by atoms with van der Waals surface area (Å²) in [5.74, 6) is -1.61. The first-order valence-electron chi connectivity index (χ1n) is 5.47. The lowest BCUT2D eigenvalue weighted by atomic mass is 10.1. The van der Waals surface area contributed by atoms with Crippen molar-refractivity contribution in [3.05, 3.63) is 53.2 Å². The molecule has 0 radical (unpaired) electrons. The minimum Gasteiger partial charge on any atom is -0.389 e. The number of benzene rings is 1. The molecule has 0 saturated carbocycles. The largest absolute Gasteiger partial charge is 0.389 e. The molecule has 0 bridgehead atoms. The summed E-state index contributed by atoms with van der Waals surface area (Å²) in [5.41, 5.74) is 6.92. The number of rotatable bonds is 3. The number of nitrogens with two attached hydrogens (primary N) is 1. The molecule has 0 unspecified atom stereocenters. The second kappa shape index (κ2) is 5.27. The molecule has 19 heavy (non-hydrogen) atoms. The molecule has 0 spiro atoms. The molecule has 1 aromatic heterocycles. The van der Waals surface area contributed by atoms with E-state index >= 15 is 0 Å². The average Bonchev–Trinajstić information content (AvgIpc) is 2.34. The summed E-state index contributed by atoms with van der Waals surface area (Å²) in [4.78, 5) is 4.20. The number of halogens is 2. The van der Waals surface area contributed by atoms with Gasteiger partial charge in [0.1, 0.15) is 10.8 Å². The molecule has 0 amide bonds. The number of thiocarbonyl (C=S) groups is 1. The summed E-state index contributed by atoms with van der Waals surface area (Å²) in [5, 5.41) is 2.71. The van der Waals surface area contributed by atoms with Gasteiger partial charge >= 0.3 is 0 Å². The lowest BCUT2D eigenvalue weighted by Crippen LogP contribution is -2.15. The van der Waals surface area contributed by atoms with Gasteiger partial charge in [-0.3, -0.25) is 0 Å². The van der Waals surface area contributed by atoms with Crippen molar-refractivity contribution < 1.29 is 8.78 Å². The van der Waals surface area contributed by atoms with E-state index in [1.807, 2.05) is 6.92 Å². The smallest absolute Gasteiger partial charge is 0.182 e. The molecule has 0 aliphatic carbocycles. The van der Waals surface area contributed by atoms with Crippen LogP contribution < -0.4 is 11.1 Å². The minimum absolute atomic E-state index is 0.0180. The van der Waals surface area contributed by atoms with Crippen LogP contribution in [0.4, 0.5) is 20.3 Å². The van der Waals surface area contributed by atoms with Crippen LogP contribution in [0.2, 0.25) is 0 Å². The third-order valence-corrected chi connectivity index (χ3v) is 2.81. The topological polar surface area (TPSA) is 50.9 Å². The lowest BCUT2D eigenvalue weighted by Gasteiger charge is -2.12. The molecule has 0 fully saturated rings. The van der Waals surface area contributed by atoms with E-state index in [9.17, 15) is 8.78 Å². The summed E-state index contributed by atoms with van der Waals surface area (Å²) < 4.78 is 26.7.